The van der Waals surface area contributed by atoms with Gasteiger partial charge in [0.1, 0.15) is 22.3 Å². The van der Waals surface area contributed by atoms with E-state index in [2.05, 4.69) is 5.32 Å². The predicted molar refractivity (Wildman–Crippen MR) is 98.1 cm³/mol. The summed E-state index contributed by atoms with van der Waals surface area (Å²) in [6.07, 6.45) is -0.229. The van der Waals surface area contributed by atoms with E-state index in [-0.39, 0.29) is 33.7 Å². The highest BCUT2D eigenvalue weighted by atomic mass is 32.1. The topological polar surface area (TPSA) is 66.4 Å². The zero-order chi connectivity index (χ0) is 20.0. The van der Waals surface area contributed by atoms with E-state index in [1.165, 1.54) is 24.3 Å². The lowest BCUT2D eigenvalue weighted by Crippen LogP contribution is -2.23. The van der Waals surface area contributed by atoms with E-state index in [1.807, 2.05) is 0 Å². The second-order valence-electron chi connectivity index (χ2n) is 6.30. The van der Waals surface area contributed by atoms with E-state index in [0.29, 0.717) is 4.88 Å². The molecule has 4 nitrogen and oxygen atoms in total. The molecule has 0 aliphatic carbocycles. The first-order valence-corrected chi connectivity index (χ1v) is 9.08. The summed E-state index contributed by atoms with van der Waals surface area (Å²) in [5.41, 5.74) is 0.242. The summed E-state index contributed by atoms with van der Waals surface area (Å²) in [5, 5.41) is 12.2. The second kappa shape index (κ2) is 6.79. The first-order chi connectivity index (χ1) is 13.4. The van der Waals surface area contributed by atoms with Gasteiger partial charge in [0.25, 0.3) is 0 Å². The average Bonchev–Trinajstić information content (AvgIpc) is 3.01. The molecule has 4 rings (SSSR count). The Kier molecular flexibility index (Phi) is 4.43. The molecule has 28 heavy (non-hydrogen) atoms. The van der Waals surface area contributed by atoms with Crippen LogP contribution in [0.2, 0.25) is 0 Å². The SMILES string of the molecule is O=C1CC(c2c(F)cccc2F)c2sc(C(=O)O)c(-c3cccc(F)c3)c2N1. The number of carbonyl (C=O) groups is 2. The summed E-state index contributed by atoms with van der Waals surface area (Å²) < 4.78 is 42.4. The summed E-state index contributed by atoms with van der Waals surface area (Å²) >= 11 is 0.823. The van der Waals surface area contributed by atoms with Crippen molar-refractivity contribution in [2.24, 2.45) is 0 Å². The standard InChI is InChI=1S/C20H12F3NO3S/c21-10-4-1-3-9(7-10)15-17-18(28-19(15)20(26)27)11(8-14(25)24-17)16-12(22)5-2-6-13(16)23/h1-7,11H,8H2,(H,24,25)(H,26,27). The van der Waals surface area contributed by atoms with Crippen molar-refractivity contribution in [3.05, 3.63) is 75.2 Å². The lowest BCUT2D eigenvalue weighted by Gasteiger charge is -2.24. The molecule has 0 radical (unpaired) electrons. The number of benzene rings is 2. The monoisotopic (exact) mass is 403 g/mol. The fourth-order valence-corrected chi connectivity index (χ4v) is 4.66. The predicted octanol–water partition coefficient (Wildman–Crippen LogP) is 5.00. The number of halogens is 3. The molecular weight excluding hydrogens is 391 g/mol. The molecule has 2 heterocycles. The first kappa shape index (κ1) is 18.2. The summed E-state index contributed by atoms with van der Waals surface area (Å²) in [5.74, 6) is -4.97. The van der Waals surface area contributed by atoms with Gasteiger partial charge in [0.15, 0.2) is 0 Å². The number of anilines is 1. The second-order valence-corrected chi connectivity index (χ2v) is 7.35. The Morgan fingerprint density at radius 1 is 1.11 bits per heavy atom. The van der Waals surface area contributed by atoms with Crippen LogP contribution in [-0.2, 0) is 4.79 Å². The van der Waals surface area contributed by atoms with Crippen molar-refractivity contribution in [2.75, 3.05) is 5.32 Å². The number of aromatic carboxylic acids is 1. The Morgan fingerprint density at radius 3 is 2.43 bits per heavy atom. The maximum Gasteiger partial charge on any atom is 0.346 e. The number of nitrogens with one attached hydrogen (secondary N) is 1. The molecule has 1 unspecified atom stereocenters. The molecule has 1 aliphatic rings. The lowest BCUT2D eigenvalue weighted by atomic mass is 9.88. The van der Waals surface area contributed by atoms with Crippen LogP contribution in [0.4, 0.5) is 18.9 Å². The Labute approximate surface area is 161 Å². The molecule has 0 bridgehead atoms. The number of carboxylic acids is 1. The van der Waals surface area contributed by atoms with Crippen molar-refractivity contribution in [2.45, 2.75) is 12.3 Å². The van der Waals surface area contributed by atoms with Crippen molar-refractivity contribution in [3.63, 3.8) is 0 Å². The van der Waals surface area contributed by atoms with Crippen LogP contribution in [-0.4, -0.2) is 17.0 Å². The highest BCUT2D eigenvalue weighted by molar-refractivity contribution is 7.15. The molecule has 2 N–H and O–H groups in total. The molecule has 0 spiro atoms. The Morgan fingerprint density at radius 2 is 1.79 bits per heavy atom. The number of carbonyl (C=O) groups excluding carboxylic acids is 1. The largest absolute Gasteiger partial charge is 0.477 e. The van der Waals surface area contributed by atoms with E-state index in [1.54, 1.807) is 0 Å². The fraction of sp³-hybridized carbons (Fsp3) is 0.100. The minimum Gasteiger partial charge on any atom is -0.477 e. The number of thiophene rings is 1. The molecular formula is C20H12F3NO3S. The van der Waals surface area contributed by atoms with Crippen LogP contribution in [0.15, 0.2) is 42.5 Å². The molecule has 1 aliphatic heterocycles. The smallest absolute Gasteiger partial charge is 0.346 e. The molecule has 0 fully saturated rings. The third-order valence-corrected chi connectivity index (χ3v) is 5.85. The Hall–Kier alpha value is -3.13. The summed E-state index contributed by atoms with van der Waals surface area (Å²) in [7, 11) is 0. The minimum absolute atomic E-state index is 0.127. The Bertz CT molecular complexity index is 1110. The number of rotatable bonds is 3. The summed E-state index contributed by atoms with van der Waals surface area (Å²) in [6.45, 7) is 0. The van der Waals surface area contributed by atoms with Crippen LogP contribution in [0.25, 0.3) is 11.1 Å². The van der Waals surface area contributed by atoms with Gasteiger partial charge in [-0.3, -0.25) is 4.79 Å². The van der Waals surface area contributed by atoms with Crippen molar-refractivity contribution in [3.8, 4) is 11.1 Å². The van der Waals surface area contributed by atoms with Gasteiger partial charge in [-0.05, 0) is 29.8 Å². The van der Waals surface area contributed by atoms with Crippen molar-refractivity contribution in [1.29, 1.82) is 0 Å². The molecule has 8 heteroatoms. The lowest BCUT2D eigenvalue weighted by molar-refractivity contribution is -0.116. The molecule has 0 saturated heterocycles. The number of hydrogen-bond donors (Lipinski definition) is 2. The van der Waals surface area contributed by atoms with E-state index in [4.69, 9.17) is 0 Å². The Balaban J connectivity index is 1.99. The van der Waals surface area contributed by atoms with Gasteiger partial charge >= 0.3 is 5.97 Å². The highest BCUT2D eigenvalue weighted by Crippen LogP contribution is 2.50. The van der Waals surface area contributed by atoms with E-state index >= 15 is 0 Å². The van der Waals surface area contributed by atoms with Crippen LogP contribution in [0.1, 0.15) is 32.5 Å². The number of amides is 1. The highest BCUT2D eigenvalue weighted by Gasteiger charge is 2.36. The molecule has 142 valence electrons. The summed E-state index contributed by atoms with van der Waals surface area (Å²) in [4.78, 5) is 24.3. The van der Waals surface area contributed by atoms with Gasteiger partial charge in [0, 0.05) is 28.3 Å². The van der Waals surface area contributed by atoms with Gasteiger partial charge in [0.2, 0.25) is 5.91 Å². The van der Waals surface area contributed by atoms with Gasteiger partial charge in [-0.1, -0.05) is 18.2 Å². The third-order valence-electron chi connectivity index (χ3n) is 4.56. The van der Waals surface area contributed by atoms with Crippen LogP contribution in [0.3, 0.4) is 0 Å². The van der Waals surface area contributed by atoms with E-state index in [0.717, 1.165) is 29.5 Å². The van der Waals surface area contributed by atoms with Gasteiger partial charge in [-0.25, -0.2) is 18.0 Å². The van der Waals surface area contributed by atoms with Gasteiger partial charge in [-0.15, -0.1) is 11.3 Å². The maximum absolute atomic E-state index is 14.4. The number of carboxylic acid groups (broad SMARTS) is 1. The average molecular weight is 403 g/mol. The number of fused-ring (bicyclic) bond motifs is 1. The first-order valence-electron chi connectivity index (χ1n) is 8.26. The zero-order valence-electron chi connectivity index (χ0n) is 14.1. The number of hydrogen-bond acceptors (Lipinski definition) is 3. The summed E-state index contributed by atoms with van der Waals surface area (Å²) in [6, 6.07) is 8.67. The van der Waals surface area contributed by atoms with E-state index < -0.39 is 35.2 Å². The fourth-order valence-electron chi connectivity index (χ4n) is 3.43. The van der Waals surface area contributed by atoms with Crippen LogP contribution in [0, 0.1) is 17.5 Å². The quantitative estimate of drug-likeness (QED) is 0.647. The van der Waals surface area contributed by atoms with Gasteiger partial charge in [0.05, 0.1) is 5.69 Å². The molecule has 1 amide bonds. The van der Waals surface area contributed by atoms with E-state index in [9.17, 15) is 27.9 Å². The van der Waals surface area contributed by atoms with Crippen LogP contribution >= 0.6 is 11.3 Å². The molecule has 1 aromatic heterocycles. The third kappa shape index (κ3) is 2.95. The minimum atomic E-state index is -1.28. The normalized spacial score (nSPS) is 15.8. The molecule has 0 saturated carbocycles. The molecule has 2 aromatic carbocycles. The molecule has 1 atom stereocenters. The van der Waals surface area contributed by atoms with Gasteiger partial charge in [-0.2, -0.15) is 0 Å². The van der Waals surface area contributed by atoms with Crippen LogP contribution < -0.4 is 5.32 Å². The van der Waals surface area contributed by atoms with Crippen molar-refractivity contribution in [1.82, 2.24) is 0 Å². The molecule has 3 aromatic rings. The maximum atomic E-state index is 14.4. The van der Waals surface area contributed by atoms with Crippen molar-refractivity contribution >= 4 is 28.9 Å². The van der Waals surface area contributed by atoms with Crippen LogP contribution in [0.5, 0.6) is 0 Å². The van der Waals surface area contributed by atoms with Gasteiger partial charge < -0.3 is 10.4 Å². The zero-order valence-corrected chi connectivity index (χ0v) is 14.9. The van der Waals surface area contributed by atoms with Crippen molar-refractivity contribution < 1.29 is 27.9 Å².